The number of sulfonamides is 1. The van der Waals surface area contributed by atoms with Crippen molar-refractivity contribution in [3.05, 3.63) is 11.2 Å². The molecule has 1 rings (SSSR count). The Balaban J connectivity index is 3.18. The zero-order valence-electron chi connectivity index (χ0n) is 9.07. The highest BCUT2D eigenvalue weighted by molar-refractivity contribution is 7.89. The van der Waals surface area contributed by atoms with E-state index in [1.165, 1.54) is 17.9 Å². The van der Waals surface area contributed by atoms with E-state index in [0.29, 0.717) is 0 Å². The van der Waals surface area contributed by atoms with Gasteiger partial charge in [0.15, 0.2) is 5.03 Å². The molecule has 0 atom stereocenters. The van der Waals surface area contributed by atoms with Crippen LogP contribution in [-0.2, 0) is 17.1 Å². The van der Waals surface area contributed by atoms with E-state index in [-0.39, 0.29) is 10.0 Å². The lowest BCUT2D eigenvalue weighted by Gasteiger charge is -2.20. The molecule has 0 bridgehead atoms. The SMILES string of the molecule is Cn1ncc(Cl)c1S(=O)(=O)NC(C)(C)C. The van der Waals surface area contributed by atoms with Crippen molar-refractivity contribution in [2.24, 2.45) is 7.05 Å². The van der Waals surface area contributed by atoms with Gasteiger partial charge >= 0.3 is 0 Å². The van der Waals surface area contributed by atoms with Crippen molar-refractivity contribution < 1.29 is 8.42 Å². The van der Waals surface area contributed by atoms with E-state index in [2.05, 4.69) is 9.82 Å². The van der Waals surface area contributed by atoms with Gasteiger partial charge in [0.25, 0.3) is 10.0 Å². The third-order valence-corrected chi connectivity index (χ3v) is 3.80. The summed E-state index contributed by atoms with van der Waals surface area (Å²) in [5.41, 5.74) is -0.549. The van der Waals surface area contributed by atoms with E-state index in [9.17, 15) is 8.42 Å². The van der Waals surface area contributed by atoms with E-state index in [0.717, 1.165) is 0 Å². The van der Waals surface area contributed by atoms with Crippen molar-refractivity contribution in [3.63, 3.8) is 0 Å². The molecule has 0 spiro atoms. The van der Waals surface area contributed by atoms with Crippen molar-refractivity contribution >= 4 is 21.6 Å². The van der Waals surface area contributed by atoms with Gasteiger partial charge in [-0.15, -0.1) is 0 Å². The summed E-state index contributed by atoms with van der Waals surface area (Å²) >= 11 is 5.76. The van der Waals surface area contributed by atoms with Gasteiger partial charge in [0.1, 0.15) is 0 Å². The van der Waals surface area contributed by atoms with Gasteiger partial charge in [-0.2, -0.15) is 5.10 Å². The molecule has 0 saturated heterocycles. The molecule has 15 heavy (non-hydrogen) atoms. The first-order valence-electron chi connectivity index (χ1n) is 4.35. The fourth-order valence-electron chi connectivity index (χ4n) is 1.15. The number of aryl methyl sites for hydroxylation is 1. The molecular formula is C8H14ClN3O2S. The molecule has 1 heterocycles. The number of rotatable bonds is 2. The predicted molar refractivity (Wildman–Crippen MR) is 58.3 cm³/mol. The topological polar surface area (TPSA) is 64.0 Å². The summed E-state index contributed by atoms with van der Waals surface area (Å²) in [5, 5.41) is 3.88. The number of hydrogen-bond acceptors (Lipinski definition) is 3. The monoisotopic (exact) mass is 251 g/mol. The first-order valence-corrected chi connectivity index (χ1v) is 6.21. The minimum absolute atomic E-state index is 0.0147. The molecule has 0 aliphatic carbocycles. The minimum atomic E-state index is -3.62. The Morgan fingerprint density at radius 3 is 2.33 bits per heavy atom. The average molecular weight is 252 g/mol. The second-order valence-corrected chi connectivity index (χ2v) is 6.28. The standard InChI is InChI=1S/C8H14ClN3O2S/c1-8(2,3)11-15(13,14)7-6(9)5-10-12(7)4/h5,11H,1-4H3. The lowest BCUT2D eigenvalue weighted by atomic mass is 10.1. The molecule has 0 saturated carbocycles. The molecule has 0 radical (unpaired) electrons. The Hall–Kier alpha value is -0.590. The lowest BCUT2D eigenvalue weighted by Crippen LogP contribution is -2.41. The predicted octanol–water partition coefficient (Wildman–Crippen LogP) is 1.15. The van der Waals surface area contributed by atoms with Crippen LogP contribution in [0.2, 0.25) is 5.02 Å². The lowest BCUT2D eigenvalue weighted by molar-refractivity contribution is 0.485. The number of nitrogens with one attached hydrogen (secondary N) is 1. The zero-order valence-corrected chi connectivity index (χ0v) is 10.6. The van der Waals surface area contributed by atoms with Gasteiger partial charge in [-0.25, -0.2) is 13.1 Å². The van der Waals surface area contributed by atoms with Crippen molar-refractivity contribution in [2.45, 2.75) is 31.3 Å². The first kappa shape index (κ1) is 12.5. The summed E-state index contributed by atoms with van der Waals surface area (Å²) in [6.45, 7) is 5.28. The van der Waals surface area contributed by atoms with Gasteiger partial charge in [-0.1, -0.05) is 11.6 Å². The minimum Gasteiger partial charge on any atom is -0.255 e. The molecule has 0 amide bonds. The smallest absolute Gasteiger partial charge is 0.255 e. The highest BCUT2D eigenvalue weighted by Crippen LogP contribution is 2.20. The van der Waals surface area contributed by atoms with Crippen LogP contribution in [0.25, 0.3) is 0 Å². The van der Waals surface area contributed by atoms with Gasteiger partial charge in [-0.05, 0) is 20.8 Å². The molecular weight excluding hydrogens is 238 g/mol. The highest BCUT2D eigenvalue weighted by Gasteiger charge is 2.27. The van der Waals surface area contributed by atoms with Crippen LogP contribution in [0.15, 0.2) is 11.2 Å². The molecule has 1 aromatic rings. The number of halogens is 1. The second-order valence-electron chi connectivity index (χ2n) is 4.28. The van der Waals surface area contributed by atoms with Gasteiger partial charge < -0.3 is 0 Å². The van der Waals surface area contributed by atoms with Crippen LogP contribution in [0.3, 0.4) is 0 Å². The van der Waals surface area contributed by atoms with Gasteiger partial charge in [0.05, 0.1) is 11.2 Å². The normalized spacial score (nSPS) is 13.1. The van der Waals surface area contributed by atoms with Crippen LogP contribution in [0.4, 0.5) is 0 Å². The van der Waals surface area contributed by atoms with Gasteiger partial charge in [0.2, 0.25) is 0 Å². The van der Waals surface area contributed by atoms with Crippen LogP contribution >= 0.6 is 11.6 Å². The zero-order chi connectivity index (χ0) is 11.9. The van der Waals surface area contributed by atoms with Crippen molar-refractivity contribution in [1.29, 1.82) is 0 Å². The average Bonchev–Trinajstić information content (AvgIpc) is 2.25. The second kappa shape index (κ2) is 3.77. The fraction of sp³-hybridized carbons (Fsp3) is 0.625. The maximum atomic E-state index is 11.9. The highest BCUT2D eigenvalue weighted by atomic mass is 35.5. The molecule has 0 unspecified atom stereocenters. The molecule has 86 valence electrons. The number of nitrogens with zero attached hydrogens (tertiary/aromatic N) is 2. The Morgan fingerprint density at radius 2 is 2.00 bits per heavy atom. The Morgan fingerprint density at radius 1 is 1.47 bits per heavy atom. The molecule has 5 nitrogen and oxygen atoms in total. The third kappa shape index (κ3) is 2.93. The van der Waals surface area contributed by atoms with Crippen LogP contribution in [0.5, 0.6) is 0 Å². The number of hydrogen-bond donors (Lipinski definition) is 1. The van der Waals surface area contributed by atoms with Crippen LogP contribution < -0.4 is 4.72 Å². The maximum Gasteiger partial charge on any atom is 0.259 e. The van der Waals surface area contributed by atoms with E-state index in [4.69, 9.17) is 11.6 Å². The van der Waals surface area contributed by atoms with E-state index >= 15 is 0 Å². The Bertz CT molecular complexity index is 439. The van der Waals surface area contributed by atoms with Crippen LogP contribution in [-0.4, -0.2) is 23.7 Å². The summed E-state index contributed by atoms with van der Waals surface area (Å²) in [5.74, 6) is 0. The molecule has 1 aromatic heterocycles. The van der Waals surface area contributed by atoms with Crippen LogP contribution in [0.1, 0.15) is 20.8 Å². The summed E-state index contributed by atoms with van der Waals surface area (Å²) in [7, 11) is -2.09. The molecule has 0 aliphatic rings. The van der Waals surface area contributed by atoms with Gasteiger partial charge in [0, 0.05) is 12.6 Å². The third-order valence-electron chi connectivity index (χ3n) is 1.54. The summed E-state index contributed by atoms with van der Waals surface area (Å²) < 4.78 is 27.5. The summed E-state index contributed by atoms with van der Waals surface area (Å²) in [6, 6.07) is 0. The molecule has 7 heteroatoms. The van der Waals surface area contributed by atoms with Gasteiger partial charge in [-0.3, -0.25) is 4.68 Å². The molecule has 0 aromatic carbocycles. The number of aromatic nitrogens is 2. The largest absolute Gasteiger partial charge is 0.259 e. The molecule has 0 fully saturated rings. The summed E-state index contributed by atoms with van der Waals surface area (Å²) in [4.78, 5) is 0. The van der Waals surface area contributed by atoms with Crippen molar-refractivity contribution in [1.82, 2.24) is 14.5 Å². The Kier molecular flexibility index (Phi) is 3.14. The summed E-state index contributed by atoms with van der Waals surface area (Å²) in [6.07, 6.45) is 1.30. The molecule has 1 N–H and O–H groups in total. The van der Waals surface area contributed by atoms with E-state index < -0.39 is 15.6 Å². The maximum absolute atomic E-state index is 11.9. The van der Waals surface area contributed by atoms with Crippen molar-refractivity contribution in [3.8, 4) is 0 Å². The Labute approximate surface area is 94.5 Å². The fourth-order valence-corrected chi connectivity index (χ4v) is 3.23. The van der Waals surface area contributed by atoms with Crippen molar-refractivity contribution in [2.75, 3.05) is 0 Å². The van der Waals surface area contributed by atoms with Crippen LogP contribution in [0, 0.1) is 0 Å². The molecule has 0 aliphatic heterocycles. The first-order chi connectivity index (χ1) is 6.63. The van der Waals surface area contributed by atoms with E-state index in [1.807, 2.05) is 0 Å². The van der Waals surface area contributed by atoms with E-state index in [1.54, 1.807) is 20.8 Å². The quantitative estimate of drug-likeness (QED) is 0.858.